The smallest absolute Gasteiger partial charge is 0.255 e. The summed E-state index contributed by atoms with van der Waals surface area (Å²) >= 11 is 0. The summed E-state index contributed by atoms with van der Waals surface area (Å²) in [6.07, 6.45) is 5.34. The van der Waals surface area contributed by atoms with E-state index in [-0.39, 0.29) is 5.91 Å². The lowest BCUT2D eigenvalue weighted by molar-refractivity contribution is 0.102. The van der Waals surface area contributed by atoms with Crippen LogP contribution in [-0.2, 0) is 0 Å². The summed E-state index contributed by atoms with van der Waals surface area (Å²) < 4.78 is 4.00. The molecule has 146 valence electrons. The summed E-state index contributed by atoms with van der Waals surface area (Å²) in [6.45, 7) is 1.97. The molecule has 5 rings (SSSR count). The Hall–Kier alpha value is -4.19. The van der Waals surface area contributed by atoms with Crippen LogP contribution in [0.3, 0.4) is 0 Å². The maximum atomic E-state index is 12.8. The first-order chi connectivity index (χ1) is 14.7. The predicted molar refractivity (Wildman–Crippen MR) is 117 cm³/mol. The number of fused-ring (bicyclic) bond motifs is 1. The molecule has 0 aliphatic heterocycles. The number of carbonyl (C=O) groups is 1. The number of hydrogen-bond acceptors (Lipinski definition) is 3. The van der Waals surface area contributed by atoms with E-state index in [4.69, 9.17) is 0 Å². The average Bonchev–Trinajstić information content (AvgIpc) is 3.41. The van der Waals surface area contributed by atoms with Gasteiger partial charge in [0.25, 0.3) is 5.91 Å². The van der Waals surface area contributed by atoms with E-state index in [0.717, 1.165) is 33.9 Å². The zero-order valence-corrected chi connectivity index (χ0v) is 16.4. The highest BCUT2D eigenvalue weighted by Gasteiger charge is 2.13. The minimum Gasteiger partial charge on any atom is -0.322 e. The summed E-state index contributed by atoms with van der Waals surface area (Å²) in [7, 11) is 0. The van der Waals surface area contributed by atoms with E-state index in [9.17, 15) is 4.79 Å². The molecule has 3 aromatic carbocycles. The van der Waals surface area contributed by atoms with Gasteiger partial charge in [-0.05, 0) is 61.5 Å². The van der Waals surface area contributed by atoms with Crippen LogP contribution in [0.4, 0.5) is 5.69 Å². The van der Waals surface area contributed by atoms with Crippen LogP contribution >= 0.6 is 0 Å². The van der Waals surface area contributed by atoms with Gasteiger partial charge >= 0.3 is 0 Å². The Morgan fingerprint density at radius 3 is 2.47 bits per heavy atom. The lowest BCUT2D eigenvalue weighted by Crippen LogP contribution is -2.11. The largest absolute Gasteiger partial charge is 0.322 e. The summed E-state index contributed by atoms with van der Waals surface area (Å²) in [5.41, 5.74) is 5.09. The molecule has 6 nitrogen and oxygen atoms in total. The van der Waals surface area contributed by atoms with Gasteiger partial charge in [0.15, 0.2) is 0 Å². The Kier molecular flexibility index (Phi) is 4.37. The molecule has 0 atom stereocenters. The number of nitrogens with one attached hydrogen (secondary N) is 1. The van der Waals surface area contributed by atoms with Crippen molar-refractivity contribution in [1.82, 2.24) is 19.1 Å². The lowest BCUT2D eigenvalue weighted by Gasteiger charge is -2.08. The van der Waals surface area contributed by atoms with Crippen LogP contribution < -0.4 is 5.32 Å². The standard InChI is InChI=1S/C24H19N5O/c1-17-26-22-15-18(7-12-23(22)29(17)21-5-3-2-4-6-21)24(30)27-19-8-10-20(11-9-19)28-14-13-25-16-28/h2-16H,1H3,(H,27,30). The van der Waals surface area contributed by atoms with E-state index < -0.39 is 0 Å². The Balaban J connectivity index is 1.40. The third kappa shape index (κ3) is 3.24. The second-order valence-corrected chi connectivity index (χ2v) is 7.00. The van der Waals surface area contributed by atoms with Crippen molar-refractivity contribution in [2.75, 3.05) is 5.32 Å². The van der Waals surface area contributed by atoms with E-state index in [1.807, 2.05) is 90.5 Å². The number of aromatic nitrogens is 4. The maximum Gasteiger partial charge on any atom is 0.255 e. The van der Waals surface area contributed by atoms with Crippen molar-refractivity contribution < 1.29 is 4.79 Å². The SMILES string of the molecule is Cc1nc2cc(C(=O)Nc3ccc(-n4ccnc4)cc3)ccc2n1-c1ccccc1. The fraction of sp³-hybridized carbons (Fsp3) is 0.0417. The fourth-order valence-corrected chi connectivity index (χ4v) is 3.58. The zero-order valence-electron chi connectivity index (χ0n) is 16.4. The van der Waals surface area contributed by atoms with Gasteiger partial charge in [-0.2, -0.15) is 0 Å². The molecule has 0 fully saturated rings. The van der Waals surface area contributed by atoms with Gasteiger partial charge in [0.05, 0.1) is 17.4 Å². The van der Waals surface area contributed by atoms with Gasteiger partial charge < -0.3 is 9.88 Å². The number of nitrogens with zero attached hydrogens (tertiary/aromatic N) is 4. The first kappa shape index (κ1) is 17.9. The van der Waals surface area contributed by atoms with E-state index >= 15 is 0 Å². The number of amides is 1. The van der Waals surface area contributed by atoms with Crippen LogP contribution in [0.5, 0.6) is 0 Å². The van der Waals surface area contributed by atoms with Gasteiger partial charge in [-0.1, -0.05) is 18.2 Å². The topological polar surface area (TPSA) is 64.7 Å². The van der Waals surface area contributed by atoms with Crippen molar-refractivity contribution in [3.8, 4) is 11.4 Å². The van der Waals surface area contributed by atoms with Crippen LogP contribution in [-0.4, -0.2) is 25.0 Å². The Morgan fingerprint density at radius 1 is 0.933 bits per heavy atom. The number of hydrogen-bond donors (Lipinski definition) is 1. The van der Waals surface area contributed by atoms with Crippen molar-refractivity contribution in [3.63, 3.8) is 0 Å². The zero-order chi connectivity index (χ0) is 20.5. The number of aryl methyl sites for hydroxylation is 1. The third-order valence-corrected chi connectivity index (χ3v) is 5.03. The van der Waals surface area contributed by atoms with Crippen LogP contribution in [0.1, 0.15) is 16.2 Å². The highest BCUT2D eigenvalue weighted by molar-refractivity contribution is 6.06. The Labute approximate surface area is 173 Å². The van der Waals surface area contributed by atoms with Crippen LogP contribution in [0.2, 0.25) is 0 Å². The van der Waals surface area contributed by atoms with E-state index in [1.165, 1.54) is 0 Å². The van der Waals surface area contributed by atoms with Gasteiger partial charge in [0.2, 0.25) is 0 Å². The first-order valence-electron chi connectivity index (χ1n) is 9.63. The number of benzene rings is 3. The molecule has 2 aromatic heterocycles. The van der Waals surface area contributed by atoms with Crippen LogP contribution in [0, 0.1) is 6.92 Å². The normalized spacial score (nSPS) is 11.0. The molecule has 0 unspecified atom stereocenters. The monoisotopic (exact) mass is 393 g/mol. The molecule has 0 aliphatic rings. The van der Waals surface area contributed by atoms with Gasteiger partial charge in [-0.25, -0.2) is 9.97 Å². The number of para-hydroxylation sites is 1. The molecule has 0 bridgehead atoms. The van der Waals surface area contributed by atoms with E-state index in [2.05, 4.69) is 19.9 Å². The third-order valence-electron chi connectivity index (χ3n) is 5.03. The first-order valence-corrected chi connectivity index (χ1v) is 9.63. The Morgan fingerprint density at radius 2 is 1.73 bits per heavy atom. The number of imidazole rings is 2. The molecule has 5 aromatic rings. The molecule has 0 saturated heterocycles. The van der Waals surface area contributed by atoms with Crippen molar-refractivity contribution in [1.29, 1.82) is 0 Å². The fourth-order valence-electron chi connectivity index (χ4n) is 3.58. The summed E-state index contributed by atoms with van der Waals surface area (Å²) in [4.78, 5) is 21.5. The summed E-state index contributed by atoms with van der Waals surface area (Å²) in [5.74, 6) is 0.711. The van der Waals surface area contributed by atoms with Gasteiger partial charge in [0.1, 0.15) is 5.82 Å². The van der Waals surface area contributed by atoms with Gasteiger partial charge in [0, 0.05) is 35.0 Å². The van der Waals surface area contributed by atoms with E-state index in [1.54, 1.807) is 12.5 Å². The molecular weight excluding hydrogens is 374 g/mol. The minimum atomic E-state index is -0.167. The second kappa shape index (κ2) is 7.33. The molecule has 0 spiro atoms. The molecule has 2 heterocycles. The highest BCUT2D eigenvalue weighted by Crippen LogP contribution is 2.23. The van der Waals surface area contributed by atoms with Crippen LogP contribution in [0.25, 0.3) is 22.4 Å². The molecular formula is C24H19N5O. The van der Waals surface area contributed by atoms with Crippen molar-refractivity contribution >= 4 is 22.6 Å². The average molecular weight is 393 g/mol. The Bertz CT molecular complexity index is 1320. The highest BCUT2D eigenvalue weighted by atomic mass is 16.1. The number of rotatable bonds is 4. The molecule has 0 radical (unpaired) electrons. The van der Waals surface area contributed by atoms with Crippen molar-refractivity contribution in [3.05, 3.63) is 103 Å². The molecule has 0 aliphatic carbocycles. The molecule has 1 N–H and O–H groups in total. The second-order valence-electron chi connectivity index (χ2n) is 7.00. The van der Waals surface area contributed by atoms with Crippen molar-refractivity contribution in [2.45, 2.75) is 6.92 Å². The molecule has 6 heteroatoms. The quantitative estimate of drug-likeness (QED) is 0.478. The molecule has 0 saturated carbocycles. The van der Waals surface area contributed by atoms with Crippen LogP contribution in [0.15, 0.2) is 91.5 Å². The number of carbonyl (C=O) groups excluding carboxylic acids is 1. The maximum absolute atomic E-state index is 12.8. The lowest BCUT2D eigenvalue weighted by atomic mass is 10.1. The van der Waals surface area contributed by atoms with E-state index in [0.29, 0.717) is 5.56 Å². The van der Waals surface area contributed by atoms with Gasteiger partial charge in [-0.3, -0.25) is 9.36 Å². The molecule has 1 amide bonds. The van der Waals surface area contributed by atoms with Crippen molar-refractivity contribution in [2.24, 2.45) is 0 Å². The predicted octanol–water partition coefficient (Wildman–Crippen LogP) is 4.77. The summed E-state index contributed by atoms with van der Waals surface area (Å²) in [5, 5.41) is 2.95. The number of anilines is 1. The minimum absolute atomic E-state index is 0.167. The van der Waals surface area contributed by atoms with Gasteiger partial charge in [-0.15, -0.1) is 0 Å². The molecule has 30 heavy (non-hydrogen) atoms. The summed E-state index contributed by atoms with van der Waals surface area (Å²) in [6, 6.07) is 23.3.